The van der Waals surface area contributed by atoms with Crippen LogP contribution >= 0.6 is 0 Å². The molecule has 4 nitrogen and oxygen atoms in total. The van der Waals surface area contributed by atoms with Crippen molar-refractivity contribution in [2.45, 2.75) is 25.4 Å². The highest BCUT2D eigenvalue weighted by atomic mass is 19.3. The molecule has 6 heteroatoms. The van der Waals surface area contributed by atoms with Gasteiger partial charge in [0.15, 0.2) is 11.9 Å². The van der Waals surface area contributed by atoms with Crippen LogP contribution in [0.5, 0.6) is 5.75 Å². The summed E-state index contributed by atoms with van der Waals surface area (Å²) < 4.78 is 32.6. The maximum atomic E-state index is 13.7. The van der Waals surface area contributed by atoms with Crippen LogP contribution in [0.4, 0.5) is 8.78 Å². The van der Waals surface area contributed by atoms with Crippen molar-refractivity contribution in [1.82, 2.24) is 0 Å². The van der Waals surface area contributed by atoms with Crippen LogP contribution in [0, 0.1) is 0 Å². The van der Waals surface area contributed by atoms with E-state index in [9.17, 15) is 23.5 Å². The summed E-state index contributed by atoms with van der Waals surface area (Å²) in [6.45, 7) is 0.608. The molecule has 0 saturated heterocycles. The van der Waals surface area contributed by atoms with E-state index < -0.39 is 23.6 Å². The fourth-order valence-electron chi connectivity index (χ4n) is 2.81. The fourth-order valence-corrected chi connectivity index (χ4v) is 2.81. The van der Waals surface area contributed by atoms with Crippen molar-refractivity contribution in [3.05, 3.63) is 70.8 Å². The van der Waals surface area contributed by atoms with Crippen molar-refractivity contribution < 1.29 is 28.2 Å². The van der Waals surface area contributed by atoms with Gasteiger partial charge in [-0.1, -0.05) is 30.3 Å². The molecule has 3 rings (SSSR count). The largest absolute Gasteiger partial charge is 0.478 e. The number of halogens is 2. The van der Waals surface area contributed by atoms with Crippen LogP contribution < -0.4 is 4.74 Å². The Bertz CT molecular complexity index is 882. The Hall–Kier alpha value is -3.02. The predicted molar refractivity (Wildman–Crippen MR) is 91.6 cm³/mol. The number of carbonyl (C=O) groups excluding carboxylic acids is 1. The molecule has 0 aromatic heterocycles. The maximum absolute atomic E-state index is 13.7. The van der Waals surface area contributed by atoms with E-state index in [2.05, 4.69) is 0 Å². The van der Waals surface area contributed by atoms with Gasteiger partial charge in [-0.05, 0) is 29.8 Å². The van der Waals surface area contributed by atoms with E-state index in [-0.39, 0.29) is 18.0 Å². The summed E-state index contributed by atoms with van der Waals surface area (Å²) in [6, 6.07) is 13.5. The van der Waals surface area contributed by atoms with Crippen molar-refractivity contribution in [1.29, 1.82) is 0 Å². The predicted octanol–water partition coefficient (Wildman–Crippen LogP) is 4.00. The first-order valence-corrected chi connectivity index (χ1v) is 7.96. The number of aliphatic carboxylic acids is 1. The smallest absolute Gasteiger partial charge is 0.335 e. The molecule has 2 aromatic rings. The lowest BCUT2D eigenvalue weighted by molar-refractivity contribution is -0.137. The molecular weight excluding hydrogens is 342 g/mol. The summed E-state index contributed by atoms with van der Waals surface area (Å²) in [4.78, 5) is 23.8. The summed E-state index contributed by atoms with van der Waals surface area (Å²) in [5.74, 6) is -4.88. The monoisotopic (exact) mass is 358 g/mol. The molecule has 0 amide bonds. The van der Waals surface area contributed by atoms with E-state index >= 15 is 0 Å². The number of carboxylic acids is 1. The van der Waals surface area contributed by atoms with Gasteiger partial charge in [0, 0.05) is 24.5 Å². The number of carboxylic acid groups (broad SMARTS) is 1. The topological polar surface area (TPSA) is 63.6 Å². The zero-order valence-corrected chi connectivity index (χ0v) is 13.9. The van der Waals surface area contributed by atoms with Crippen LogP contribution in [0.25, 0.3) is 6.08 Å². The molecule has 1 atom stereocenters. The summed E-state index contributed by atoms with van der Waals surface area (Å²) in [5.41, 5.74) is 0.956. The molecule has 0 saturated carbocycles. The second-order valence-electron chi connectivity index (χ2n) is 6.20. The SMILES string of the molecule is CC(F)(F)C1Oc2ccc(C(=O)Cc3ccccc3)cc2C=C1C(=O)O. The molecule has 0 aliphatic carbocycles. The molecular formula is C20H16F2O4. The lowest BCUT2D eigenvalue weighted by Crippen LogP contribution is -2.41. The van der Waals surface area contributed by atoms with Crippen LogP contribution in [0.15, 0.2) is 54.1 Å². The van der Waals surface area contributed by atoms with E-state index in [0.29, 0.717) is 18.1 Å². The fraction of sp³-hybridized carbons (Fsp3) is 0.200. The molecule has 26 heavy (non-hydrogen) atoms. The highest BCUT2D eigenvalue weighted by Gasteiger charge is 2.43. The summed E-state index contributed by atoms with van der Waals surface area (Å²) in [5, 5.41) is 9.22. The Labute approximate surface area is 148 Å². The number of Topliss-reactive ketones (excluding diaryl/α,β-unsaturated/α-hetero) is 1. The number of alkyl halides is 2. The van der Waals surface area contributed by atoms with Gasteiger partial charge in [-0.3, -0.25) is 4.79 Å². The van der Waals surface area contributed by atoms with Crippen LogP contribution in [0.2, 0.25) is 0 Å². The Morgan fingerprint density at radius 2 is 1.85 bits per heavy atom. The van der Waals surface area contributed by atoms with E-state index in [1.807, 2.05) is 30.3 Å². The molecule has 134 valence electrons. The maximum Gasteiger partial charge on any atom is 0.335 e. The Morgan fingerprint density at radius 3 is 2.46 bits per heavy atom. The van der Waals surface area contributed by atoms with E-state index in [1.165, 1.54) is 18.2 Å². The molecule has 0 fully saturated rings. The second kappa shape index (κ2) is 6.71. The van der Waals surface area contributed by atoms with Crippen LogP contribution in [0.3, 0.4) is 0 Å². The molecule has 0 spiro atoms. The molecule has 1 aliphatic rings. The van der Waals surface area contributed by atoms with E-state index in [1.54, 1.807) is 0 Å². The number of rotatable bonds is 5. The molecule has 1 unspecified atom stereocenters. The average Bonchev–Trinajstić information content (AvgIpc) is 2.60. The Kier molecular flexibility index (Phi) is 4.59. The third kappa shape index (κ3) is 3.64. The average molecular weight is 358 g/mol. The van der Waals surface area contributed by atoms with Crippen molar-refractivity contribution in [2.24, 2.45) is 0 Å². The van der Waals surface area contributed by atoms with Crippen molar-refractivity contribution in [2.75, 3.05) is 0 Å². The Morgan fingerprint density at radius 1 is 1.15 bits per heavy atom. The quantitative estimate of drug-likeness (QED) is 0.821. The molecule has 2 aromatic carbocycles. The molecule has 1 heterocycles. The minimum absolute atomic E-state index is 0.123. The highest BCUT2D eigenvalue weighted by molar-refractivity contribution is 5.99. The van der Waals surface area contributed by atoms with Crippen molar-refractivity contribution in [3.63, 3.8) is 0 Å². The number of ether oxygens (including phenoxy) is 1. The lowest BCUT2D eigenvalue weighted by Gasteiger charge is -2.29. The number of carbonyl (C=O) groups is 2. The molecule has 1 N–H and O–H groups in total. The zero-order chi connectivity index (χ0) is 18.9. The normalized spacial score (nSPS) is 16.3. The first-order chi connectivity index (χ1) is 12.3. The standard InChI is InChI=1S/C20H16F2O4/c1-20(21,22)18-15(19(24)25)11-14-10-13(7-8-17(14)26-18)16(23)9-12-5-3-2-4-6-12/h2-8,10-11,18H,9H2,1H3,(H,24,25). The van der Waals surface area contributed by atoms with Gasteiger partial charge in [-0.15, -0.1) is 0 Å². The van der Waals surface area contributed by atoms with Crippen LogP contribution in [-0.2, 0) is 11.2 Å². The summed E-state index contributed by atoms with van der Waals surface area (Å²) in [7, 11) is 0. The van der Waals surface area contributed by atoms with Gasteiger partial charge in [0.1, 0.15) is 5.75 Å². The highest BCUT2D eigenvalue weighted by Crippen LogP contribution is 2.36. The van der Waals surface area contributed by atoms with Crippen LogP contribution in [-0.4, -0.2) is 28.9 Å². The summed E-state index contributed by atoms with van der Waals surface area (Å²) >= 11 is 0. The summed E-state index contributed by atoms with van der Waals surface area (Å²) in [6.07, 6.45) is -0.549. The number of fused-ring (bicyclic) bond motifs is 1. The number of hydrogen-bond donors (Lipinski definition) is 1. The third-order valence-electron chi connectivity index (χ3n) is 4.08. The number of hydrogen-bond acceptors (Lipinski definition) is 3. The van der Waals surface area contributed by atoms with Crippen molar-refractivity contribution in [3.8, 4) is 5.75 Å². The minimum Gasteiger partial charge on any atom is -0.478 e. The van der Waals surface area contributed by atoms with Crippen molar-refractivity contribution >= 4 is 17.8 Å². The third-order valence-corrected chi connectivity index (χ3v) is 4.08. The zero-order valence-electron chi connectivity index (χ0n) is 13.9. The molecule has 1 aliphatic heterocycles. The number of benzene rings is 2. The molecule has 0 radical (unpaired) electrons. The van der Waals surface area contributed by atoms with Crippen LogP contribution in [0.1, 0.15) is 28.4 Å². The van der Waals surface area contributed by atoms with Gasteiger partial charge >= 0.3 is 5.97 Å². The van der Waals surface area contributed by atoms with E-state index in [0.717, 1.165) is 11.6 Å². The first-order valence-electron chi connectivity index (χ1n) is 7.96. The van der Waals surface area contributed by atoms with Gasteiger partial charge in [-0.25, -0.2) is 13.6 Å². The van der Waals surface area contributed by atoms with Gasteiger partial charge < -0.3 is 9.84 Å². The minimum atomic E-state index is -3.36. The Balaban J connectivity index is 1.92. The number of ketones is 1. The first kappa shape index (κ1) is 17.8. The lowest BCUT2D eigenvalue weighted by atomic mass is 9.95. The van der Waals surface area contributed by atoms with Gasteiger partial charge in [0.25, 0.3) is 5.92 Å². The second-order valence-corrected chi connectivity index (χ2v) is 6.20. The van der Waals surface area contributed by atoms with Gasteiger partial charge in [-0.2, -0.15) is 0 Å². The van der Waals surface area contributed by atoms with E-state index in [4.69, 9.17) is 4.74 Å². The van der Waals surface area contributed by atoms with Gasteiger partial charge in [0.05, 0.1) is 5.57 Å². The van der Waals surface area contributed by atoms with Gasteiger partial charge in [0.2, 0.25) is 0 Å². The molecule has 0 bridgehead atoms.